The Kier molecular flexibility index (Phi) is 4.84. The number of esters is 1. The van der Waals surface area contributed by atoms with Gasteiger partial charge in [0.15, 0.2) is 0 Å². The first kappa shape index (κ1) is 18.1. The van der Waals surface area contributed by atoms with Crippen molar-refractivity contribution in [3.63, 3.8) is 0 Å². The van der Waals surface area contributed by atoms with Crippen LogP contribution in [-0.4, -0.2) is 41.3 Å². The number of hydrogen-bond donors (Lipinski definition) is 0. The van der Waals surface area contributed by atoms with Gasteiger partial charge in [0.25, 0.3) is 17.5 Å². The van der Waals surface area contributed by atoms with Gasteiger partial charge in [-0.25, -0.2) is 0 Å². The van der Waals surface area contributed by atoms with E-state index < -0.39 is 28.4 Å². The maximum absolute atomic E-state index is 12.4. The van der Waals surface area contributed by atoms with Gasteiger partial charge >= 0.3 is 5.97 Å². The number of fused-ring (bicyclic) bond motifs is 1. The Hall–Kier alpha value is -3.75. The minimum atomic E-state index is -0.792. The molecule has 0 saturated heterocycles. The molecule has 0 radical (unpaired) electrons. The molecule has 0 aromatic heterocycles. The van der Waals surface area contributed by atoms with E-state index in [4.69, 9.17) is 9.47 Å². The summed E-state index contributed by atoms with van der Waals surface area (Å²) in [6.45, 7) is -0.238. The summed E-state index contributed by atoms with van der Waals surface area (Å²) in [6.07, 6.45) is -0.245. The van der Waals surface area contributed by atoms with Crippen LogP contribution in [0, 0.1) is 10.1 Å². The van der Waals surface area contributed by atoms with E-state index in [0.29, 0.717) is 11.5 Å². The van der Waals surface area contributed by atoms with Gasteiger partial charge in [-0.15, -0.1) is 0 Å². The maximum atomic E-state index is 12.4. The Morgan fingerprint density at radius 3 is 2.37 bits per heavy atom. The molecule has 27 heavy (non-hydrogen) atoms. The lowest BCUT2D eigenvalue weighted by atomic mass is 10.1. The van der Waals surface area contributed by atoms with Crippen LogP contribution in [-0.2, 0) is 4.79 Å². The number of carbonyl (C=O) groups is 3. The van der Waals surface area contributed by atoms with Crippen LogP contribution in [0.5, 0.6) is 11.5 Å². The Morgan fingerprint density at radius 2 is 1.74 bits per heavy atom. The van der Waals surface area contributed by atoms with Gasteiger partial charge in [-0.1, -0.05) is 6.07 Å². The maximum Gasteiger partial charge on any atom is 0.312 e. The fourth-order valence-electron chi connectivity index (χ4n) is 2.70. The summed E-state index contributed by atoms with van der Waals surface area (Å²) < 4.78 is 10.1. The van der Waals surface area contributed by atoms with E-state index in [2.05, 4.69) is 0 Å². The van der Waals surface area contributed by atoms with Gasteiger partial charge < -0.3 is 9.47 Å². The molecular weight excluding hydrogens is 356 g/mol. The molecule has 0 aliphatic carbocycles. The van der Waals surface area contributed by atoms with Crippen molar-refractivity contribution >= 4 is 23.5 Å². The van der Waals surface area contributed by atoms with Crippen LogP contribution in [0.1, 0.15) is 27.1 Å². The Balaban J connectivity index is 1.67. The van der Waals surface area contributed by atoms with Crippen LogP contribution in [0.25, 0.3) is 0 Å². The van der Waals surface area contributed by atoms with E-state index in [1.165, 1.54) is 19.2 Å². The molecule has 1 heterocycles. The van der Waals surface area contributed by atoms with E-state index in [0.717, 1.165) is 11.0 Å². The number of nitro benzene ring substituents is 1. The van der Waals surface area contributed by atoms with Gasteiger partial charge in [0.05, 0.1) is 24.0 Å². The molecule has 1 aliphatic heterocycles. The van der Waals surface area contributed by atoms with Crippen LogP contribution < -0.4 is 9.47 Å². The monoisotopic (exact) mass is 370 g/mol. The first-order valence-corrected chi connectivity index (χ1v) is 7.90. The third kappa shape index (κ3) is 3.47. The predicted molar refractivity (Wildman–Crippen MR) is 91.7 cm³/mol. The summed E-state index contributed by atoms with van der Waals surface area (Å²) in [5.74, 6) is -1.22. The van der Waals surface area contributed by atoms with Gasteiger partial charge in [0.1, 0.15) is 17.1 Å². The lowest BCUT2D eigenvalue weighted by Crippen LogP contribution is -2.32. The normalized spacial score (nSPS) is 12.7. The second kappa shape index (κ2) is 7.24. The Labute approximate surface area is 153 Å². The van der Waals surface area contributed by atoms with Gasteiger partial charge in [0, 0.05) is 12.6 Å². The van der Waals surface area contributed by atoms with Crippen molar-refractivity contribution in [3.8, 4) is 11.5 Å². The number of amides is 2. The Bertz CT molecular complexity index is 937. The summed E-state index contributed by atoms with van der Waals surface area (Å²) in [6, 6.07) is 10.2. The number of benzene rings is 2. The van der Waals surface area contributed by atoms with Crippen molar-refractivity contribution in [2.24, 2.45) is 0 Å². The van der Waals surface area contributed by atoms with E-state index in [1.807, 2.05) is 0 Å². The average molecular weight is 370 g/mol. The number of hydrogen-bond acceptors (Lipinski definition) is 7. The summed E-state index contributed by atoms with van der Waals surface area (Å²) in [5, 5.41) is 11.1. The van der Waals surface area contributed by atoms with Crippen LogP contribution in [0.4, 0.5) is 5.69 Å². The molecule has 2 aromatic carbocycles. The highest BCUT2D eigenvalue weighted by Crippen LogP contribution is 2.30. The molecule has 0 fully saturated rings. The molecule has 0 bridgehead atoms. The minimum absolute atomic E-state index is 0.0438. The number of carbonyl (C=O) groups excluding carboxylic acids is 3. The second-order valence-corrected chi connectivity index (χ2v) is 5.62. The lowest BCUT2D eigenvalue weighted by Gasteiger charge is -2.13. The Morgan fingerprint density at radius 1 is 1.07 bits per heavy atom. The van der Waals surface area contributed by atoms with Crippen LogP contribution in [0.3, 0.4) is 0 Å². The van der Waals surface area contributed by atoms with Crippen LogP contribution in [0.15, 0.2) is 42.5 Å². The first-order chi connectivity index (χ1) is 12.9. The van der Waals surface area contributed by atoms with Gasteiger partial charge in [-0.2, -0.15) is 0 Å². The van der Waals surface area contributed by atoms with Crippen molar-refractivity contribution in [2.45, 2.75) is 6.42 Å². The number of imide groups is 1. The number of rotatable bonds is 6. The van der Waals surface area contributed by atoms with Crippen LogP contribution >= 0.6 is 0 Å². The standard InChI is InChI=1S/C18H14N2O7/c1-26-11-5-7-12(8-6-11)27-15(21)9-10-19-17(22)13-3-2-4-14(20(24)25)16(13)18(19)23/h2-8H,9-10H2,1H3. The zero-order chi connectivity index (χ0) is 19.6. The van der Waals surface area contributed by atoms with Crippen molar-refractivity contribution in [1.29, 1.82) is 0 Å². The molecular formula is C18H14N2O7. The zero-order valence-electron chi connectivity index (χ0n) is 14.2. The topological polar surface area (TPSA) is 116 Å². The molecule has 138 valence electrons. The fraction of sp³-hybridized carbons (Fsp3) is 0.167. The molecule has 9 heteroatoms. The molecule has 0 N–H and O–H groups in total. The SMILES string of the molecule is COc1ccc(OC(=O)CCN2C(=O)c3cccc([N+](=O)[O-])c3C2=O)cc1. The lowest BCUT2D eigenvalue weighted by molar-refractivity contribution is -0.385. The summed E-state index contributed by atoms with van der Waals surface area (Å²) in [5.41, 5.74) is -0.733. The molecule has 3 rings (SSSR count). The highest BCUT2D eigenvalue weighted by molar-refractivity contribution is 6.23. The van der Waals surface area contributed by atoms with Crippen molar-refractivity contribution < 1.29 is 28.8 Å². The minimum Gasteiger partial charge on any atom is -0.497 e. The number of nitro groups is 1. The van der Waals surface area contributed by atoms with Gasteiger partial charge in [0.2, 0.25) is 0 Å². The van der Waals surface area contributed by atoms with Crippen molar-refractivity contribution in [1.82, 2.24) is 4.90 Å². The summed E-state index contributed by atoms with van der Waals surface area (Å²) >= 11 is 0. The third-order valence-corrected chi connectivity index (χ3v) is 4.00. The first-order valence-electron chi connectivity index (χ1n) is 7.90. The van der Waals surface area contributed by atoms with Gasteiger partial charge in [-0.3, -0.25) is 29.4 Å². The predicted octanol–water partition coefficient (Wildman–Crippen LogP) is 2.20. The quantitative estimate of drug-likeness (QED) is 0.252. The van der Waals surface area contributed by atoms with Crippen molar-refractivity contribution in [2.75, 3.05) is 13.7 Å². The van der Waals surface area contributed by atoms with Crippen LogP contribution in [0.2, 0.25) is 0 Å². The highest BCUT2D eigenvalue weighted by Gasteiger charge is 2.40. The molecule has 0 unspecified atom stereocenters. The number of ether oxygens (including phenoxy) is 2. The molecule has 0 spiro atoms. The molecule has 2 aromatic rings. The third-order valence-electron chi connectivity index (χ3n) is 4.00. The summed E-state index contributed by atoms with van der Waals surface area (Å²) in [4.78, 5) is 47.9. The fourth-order valence-corrected chi connectivity index (χ4v) is 2.70. The van der Waals surface area contributed by atoms with E-state index in [9.17, 15) is 24.5 Å². The van der Waals surface area contributed by atoms with E-state index in [1.54, 1.807) is 24.3 Å². The second-order valence-electron chi connectivity index (χ2n) is 5.62. The molecule has 0 atom stereocenters. The molecule has 0 saturated carbocycles. The molecule has 1 aliphatic rings. The smallest absolute Gasteiger partial charge is 0.312 e. The molecule has 2 amide bonds. The largest absolute Gasteiger partial charge is 0.497 e. The number of methoxy groups -OCH3 is 1. The summed E-state index contributed by atoms with van der Waals surface area (Å²) in [7, 11) is 1.51. The van der Waals surface area contributed by atoms with Crippen molar-refractivity contribution in [3.05, 3.63) is 63.7 Å². The number of nitrogens with zero attached hydrogens (tertiary/aromatic N) is 2. The zero-order valence-corrected chi connectivity index (χ0v) is 14.2. The van der Waals surface area contributed by atoms with Gasteiger partial charge in [-0.05, 0) is 30.3 Å². The highest BCUT2D eigenvalue weighted by atomic mass is 16.6. The molecule has 9 nitrogen and oxygen atoms in total. The van der Waals surface area contributed by atoms with E-state index in [-0.39, 0.29) is 24.1 Å². The van der Waals surface area contributed by atoms with E-state index >= 15 is 0 Å². The average Bonchev–Trinajstić information content (AvgIpc) is 2.91.